The molecule has 6 heteroatoms. The Morgan fingerprint density at radius 1 is 1.22 bits per heavy atom. The molecule has 32 heavy (non-hydrogen) atoms. The largest absolute Gasteiger partial charge is 0.508 e. The van der Waals surface area contributed by atoms with Crippen LogP contribution in [0.25, 0.3) is 0 Å². The van der Waals surface area contributed by atoms with Gasteiger partial charge in [0.15, 0.2) is 0 Å². The molecule has 0 aromatic carbocycles. The molecule has 6 nitrogen and oxygen atoms in total. The standard InChI is InChI=1S/C26H34O6/c1-14-5-7-20(31-14)17-12-15-11-16(32-24(29)30-4)9-10-25(15,2)23-19(27)13-26(3)18(22(17)23)6-8-21(26)28/h5,7,12,16-19,22-23,27H,6,8-11,13H2,1-4H3/t16?,17-,18?,19+,22?,23?,25-,26-/m0/s1. The number of ketones is 1. The normalized spacial score (nSPS) is 43.0. The summed E-state index contributed by atoms with van der Waals surface area (Å²) >= 11 is 0. The molecular formula is C26H34O6. The molecule has 1 aromatic heterocycles. The number of fused-ring (bicyclic) bond motifs is 5. The van der Waals surface area contributed by atoms with E-state index >= 15 is 0 Å². The first-order valence-corrected chi connectivity index (χ1v) is 11.9. The molecule has 174 valence electrons. The van der Waals surface area contributed by atoms with Crippen molar-refractivity contribution >= 4 is 11.9 Å². The molecule has 0 saturated heterocycles. The number of allylic oxidation sites excluding steroid dienone is 1. The molecule has 0 amide bonds. The Labute approximate surface area is 189 Å². The molecule has 8 atom stereocenters. The van der Waals surface area contributed by atoms with Crippen LogP contribution < -0.4 is 0 Å². The summed E-state index contributed by atoms with van der Waals surface area (Å²) in [4.78, 5) is 24.7. The minimum atomic E-state index is -0.649. The van der Waals surface area contributed by atoms with E-state index in [-0.39, 0.29) is 35.2 Å². The van der Waals surface area contributed by atoms with Crippen LogP contribution in [0.1, 0.15) is 69.8 Å². The van der Waals surface area contributed by atoms with Crippen molar-refractivity contribution in [2.75, 3.05) is 7.11 Å². The van der Waals surface area contributed by atoms with Crippen LogP contribution in [0.5, 0.6) is 0 Å². The first kappa shape index (κ1) is 21.7. The fraction of sp³-hybridized carbons (Fsp3) is 0.692. The lowest BCUT2D eigenvalue weighted by molar-refractivity contribution is -0.147. The van der Waals surface area contributed by atoms with Gasteiger partial charge in [0.05, 0.1) is 13.2 Å². The Morgan fingerprint density at radius 3 is 2.69 bits per heavy atom. The van der Waals surface area contributed by atoms with Crippen LogP contribution in [0.3, 0.4) is 0 Å². The van der Waals surface area contributed by atoms with Crippen LogP contribution in [0, 0.1) is 35.5 Å². The molecule has 3 fully saturated rings. The molecular weight excluding hydrogens is 408 g/mol. The maximum absolute atomic E-state index is 12.9. The number of aliphatic hydroxyl groups excluding tert-OH is 1. The SMILES string of the molecule is COC(=O)OC1CC[C@@]2(C)C(=C[C@@H](c3ccc(C)o3)C3C2[C@H](O)C[C@]2(C)C(=O)CCC32)C1. The molecule has 1 aromatic rings. The van der Waals surface area contributed by atoms with Crippen molar-refractivity contribution < 1.29 is 28.6 Å². The van der Waals surface area contributed by atoms with Crippen molar-refractivity contribution in [3.05, 3.63) is 35.3 Å². The van der Waals surface area contributed by atoms with Crippen LogP contribution in [-0.4, -0.2) is 36.4 Å². The van der Waals surface area contributed by atoms with Crippen molar-refractivity contribution in [2.24, 2.45) is 28.6 Å². The number of aliphatic hydroxyl groups is 1. The topological polar surface area (TPSA) is 86.0 Å². The van der Waals surface area contributed by atoms with Crippen LogP contribution in [0.2, 0.25) is 0 Å². The number of furan rings is 1. The Hall–Kier alpha value is -2.08. The summed E-state index contributed by atoms with van der Waals surface area (Å²) in [5.41, 5.74) is 0.573. The summed E-state index contributed by atoms with van der Waals surface area (Å²) in [5.74, 6) is 2.48. The molecule has 4 aliphatic rings. The Morgan fingerprint density at radius 2 is 2.00 bits per heavy atom. The van der Waals surface area contributed by atoms with E-state index in [1.54, 1.807) is 0 Å². The highest BCUT2D eigenvalue weighted by Crippen LogP contribution is 2.66. The third kappa shape index (κ3) is 3.09. The van der Waals surface area contributed by atoms with Crippen LogP contribution in [0.15, 0.2) is 28.2 Å². The van der Waals surface area contributed by atoms with E-state index in [0.29, 0.717) is 25.0 Å². The number of aryl methyl sites for hydroxylation is 1. The van der Waals surface area contributed by atoms with Gasteiger partial charge in [0.2, 0.25) is 0 Å². The van der Waals surface area contributed by atoms with Crippen LogP contribution in [0.4, 0.5) is 4.79 Å². The predicted octanol–water partition coefficient (Wildman–Crippen LogP) is 4.94. The van der Waals surface area contributed by atoms with Gasteiger partial charge in [-0.3, -0.25) is 4.79 Å². The van der Waals surface area contributed by atoms with E-state index in [2.05, 4.69) is 19.9 Å². The number of carbonyl (C=O) groups excluding carboxylic acids is 2. The number of Topliss-reactive ketones (excluding diaryl/α,β-unsaturated/α-hetero) is 1. The molecule has 0 radical (unpaired) electrons. The third-order valence-corrected chi connectivity index (χ3v) is 9.28. The van der Waals surface area contributed by atoms with Gasteiger partial charge in [-0.15, -0.1) is 0 Å². The maximum Gasteiger partial charge on any atom is 0.508 e. The first-order valence-electron chi connectivity index (χ1n) is 11.9. The lowest BCUT2D eigenvalue weighted by Crippen LogP contribution is -2.58. The number of hydrogen-bond donors (Lipinski definition) is 1. The summed E-state index contributed by atoms with van der Waals surface area (Å²) in [6.07, 6.45) is 5.12. The molecule has 0 spiro atoms. The van der Waals surface area contributed by atoms with Crippen LogP contribution in [-0.2, 0) is 14.3 Å². The van der Waals surface area contributed by atoms with E-state index in [4.69, 9.17) is 13.9 Å². The summed E-state index contributed by atoms with van der Waals surface area (Å²) in [7, 11) is 1.33. The van der Waals surface area contributed by atoms with Crippen molar-refractivity contribution in [1.29, 1.82) is 0 Å². The second-order valence-electron chi connectivity index (χ2n) is 10.9. The van der Waals surface area contributed by atoms with E-state index in [0.717, 1.165) is 30.8 Å². The smallest absolute Gasteiger partial charge is 0.466 e. The first-order chi connectivity index (χ1) is 15.2. The monoisotopic (exact) mass is 442 g/mol. The third-order valence-electron chi connectivity index (χ3n) is 9.28. The van der Waals surface area contributed by atoms with Gasteiger partial charge in [-0.25, -0.2) is 4.79 Å². The lowest BCUT2D eigenvalue weighted by atomic mass is 9.45. The van der Waals surface area contributed by atoms with Crippen LogP contribution >= 0.6 is 0 Å². The van der Waals surface area contributed by atoms with Gasteiger partial charge in [-0.1, -0.05) is 25.5 Å². The van der Waals surface area contributed by atoms with E-state index in [1.165, 1.54) is 12.7 Å². The highest BCUT2D eigenvalue weighted by molar-refractivity contribution is 5.87. The summed E-state index contributed by atoms with van der Waals surface area (Å²) in [5, 5.41) is 11.5. The zero-order chi connectivity index (χ0) is 22.8. The second-order valence-corrected chi connectivity index (χ2v) is 10.9. The molecule has 3 saturated carbocycles. The summed E-state index contributed by atoms with van der Waals surface area (Å²) in [6.45, 7) is 6.28. The quantitative estimate of drug-likeness (QED) is 0.516. The minimum Gasteiger partial charge on any atom is -0.466 e. The van der Waals surface area contributed by atoms with Gasteiger partial charge in [0, 0.05) is 24.2 Å². The highest BCUT2D eigenvalue weighted by atomic mass is 16.7. The number of rotatable bonds is 2. The molecule has 5 rings (SSSR count). The summed E-state index contributed by atoms with van der Waals surface area (Å²) < 4.78 is 16.3. The molecule has 4 aliphatic carbocycles. The van der Waals surface area contributed by atoms with Gasteiger partial charge < -0.3 is 19.0 Å². The number of ether oxygens (including phenoxy) is 2. The molecule has 1 N–H and O–H groups in total. The predicted molar refractivity (Wildman–Crippen MR) is 117 cm³/mol. The lowest BCUT2D eigenvalue weighted by Gasteiger charge is -2.60. The highest BCUT2D eigenvalue weighted by Gasteiger charge is 2.64. The van der Waals surface area contributed by atoms with Crippen molar-refractivity contribution in [1.82, 2.24) is 0 Å². The maximum atomic E-state index is 12.9. The fourth-order valence-corrected chi connectivity index (χ4v) is 7.73. The molecule has 1 heterocycles. The van der Waals surface area contributed by atoms with E-state index < -0.39 is 17.7 Å². The molecule has 4 unspecified atom stereocenters. The van der Waals surface area contributed by atoms with Crippen molar-refractivity contribution in [2.45, 2.75) is 77.4 Å². The van der Waals surface area contributed by atoms with E-state index in [9.17, 15) is 14.7 Å². The van der Waals surface area contributed by atoms with Gasteiger partial charge in [-0.05, 0) is 67.9 Å². The minimum absolute atomic E-state index is 0.00109. The number of hydrogen-bond acceptors (Lipinski definition) is 6. The molecule has 0 bridgehead atoms. The fourth-order valence-electron chi connectivity index (χ4n) is 7.73. The van der Waals surface area contributed by atoms with E-state index in [1.807, 2.05) is 19.1 Å². The summed E-state index contributed by atoms with van der Waals surface area (Å²) in [6, 6.07) is 4.02. The van der Waals surface area contributed by atoms with Gasteiger partial charge in [-0.2, -0.15) is 0 Å². The van der Waals surface area contributed by atoms with Crippen molar-refractivity contribution in [3.8, 4) is 0 Å². The average Bonchev–Trinajstić information content (AvgIpc) is 3.30. The zero-order valence-corrected chi connectivity index (χ0v) is 19.4. The van der Waals surface area contributed by atoms with Gasteiger partial charge in [0.25, 0.3) is 0 Å². The zero-order valence-electron chi connectivity index (χ0n) is 19.4. The molecule has 0 aliphatic heterocycles. The Bertz CT molecular complexity index is 961. The Kier molecular flexibility index (Phi) is 5.08. The van der Waals surface area contributed by atoms with Gasteiger partial charge >= 0.3 is 6.16 Å². The van der Waals surface area contributed by atoms with Gasteiger partial charge in [0.1, 0.15) is 23.4 Å². The number of carbonyl (C=O) groups is 2. The average molecular weight is 443 g/mol. The second kappa shape index (κ2) is 7.47. The Balaban J connectivity index is 1.59. The number of methoxy groups -OCH3 is 1. The van der Waals surface area contributed by atoms with Crippen molar-refractivity contribution in [3.63, 3.8) is 0 Å².